The quantitative estimate of drug-likeness (QED) is 0.760. The van der Waals surface area contributed by atoms with Crippen LogP contribution in [0.4, 0.5) is 0 Å². The van der Waals surface area contributed by atoms with Gasteiger partial charge in [-0.3, -0.25) is 9.59 Å². The number of hydrogen-bond acceptors (Lipinski definition) is 2. The summed E-state index contributed by atoms with van der Waals surface area (Å²) in [5.41, 5.74) is 11.6. The van der Waals surface area contributed by atoms with Gasteiger partial charge in [-0.1, -0.05) is 29.8 Å². The summed E-state index contributed by atoms with van der Waals surface area (Å²) in [6, 6.07) is 7.47. The van der Waals surface area contributed by atoms with Crippen molar-refractivity contribution >= 4 is 11.8 Å². The van der Waals surface area contributed by atoms with Gasteiger partial charge in [-0.15, -0.1) is 0 Å². The van der Waals surface area contributed by atoms with Crippen molar-refractivity contribution in [3.63, 3.8) is 0 Å². The molecule has 84 valence electrons. The number of benzene rings is 1. The van der Waals surface area contributed by atoms with Gasteiger partial charge in [0.2, 0.25) is 11.8 Å². The summed E-state index contributed by atoms with van der Waals surface area (Å²) in [5.74, 6) is -1.38. The van der Waals surface area contributed by atoms with E-state index in [0.717, 1.165) is 11.1 Å². The Morgan fingerprint density at radius 2 is 1.81 bits per heavy atom. The highest BCUT2D eigenvalue weighted by Crippen LogP contribution is 2.53. The van der Waals surface area contributed by atoms with Crippen LogP contribution in [-0.2, 0) is 15.0 Å². The molecule has 0 spiro atoms. The molecule has 1 aliphatic carbocycles. The number of carbonyl (C=O) groups is 2. The summed E-state index contributed by atoms with van der Waals surface area (Å²) in [6.07, 6.45) is 0.431. The van der Waals surface area contributed by atoms with Gasteiger partial charge in [0.25, 0.3) is 0 Å². The normalized spacial score (nSPS) is 27.4. The van der Waals surface area contributed by atoms with Crippen molar-refractivity contribution in [3.8, 4) is 0 Å². The number of primary amides is 2. The van der Waals surface area contributed by atoms with Gasteiger partial charge >= 0.3 is 0 Å². The minimum atomic E-state index is -0.862. The van der Waals surface area contributed by atoms with E-state index < -0.39 is 23.1 Å². The number of carbonyl (C=O) groups excluding carboxylic acids is 2. The SMILES string of the molecule is Cc1ccc(C2(C(N)=O)CC2C(N)=O)cc1. The standard InChI is InChI=1S/C12H14N2O2/c1-7-2-4-8(5-3-7)12(11(14)16)6-9(12)10(13)15/h2-5,9H,6H2,1H3,(H2,13,15)(H2,14,16). The first kappa shape index (κ1) is 10.7. The zero-order valence-corrected chi connectivity index (χ0v) is 9.07. The average Bonchev–Trinajstić information content (AvgIpc) is 2.95. The molecule has 1 fully saturated rings. The molecule has 0 bridgehead atoms. The maximum atomic E-state index is 11.5. The van der Waals surface area contributed by atoms with E-state index in [1.165, 1.54) is 0 Å². The summed E-state index contributed by atoms with van der Waals surface area (Å²) >= 11 is 0. The predicted molar refractivity (Wildman–Crippen MR) is 59.4 cm³/mol. The second kappa shape index (κ2) is 3.33. The zero-order valence-electron chi connectivity index (χ0n) is 9.07. The van der Waals surface area contributed by atoms with Crippen molar-refractivity contribution in [1.82, 2.24) is 0 Å². The van der Waals surface area contributed by atoms with E-state index in [-0.39, 0.29) is 0 Å². The van der Waals surface area contributed by atoms with Crippen LogP contribution in [-0.4, -0.2) is 11.8 Å². The molecule has 0 aromatic heterocycles. The van der Waals surface area contributed by atoms with Crippen molar-refractivity contribution in [2.45, 2.75) is 18.8 Å². The Kier molecular flexibility index (Phi) is 2.22. The lowest BCUT2D eigenvalue weighted by molar-refractivity contribution is -0.125. The van der Waals surface area contributed by atoms with Crippen LogP contribution in [0.25, 0.3) is 0 Å². The van der Waals surface area contributed by atoms with Crippen LogP contribution in [0.1, 0.15) is 17.5 Å². The highest BCUT2D eigenvalue weighted by Gasteiger charge is 2.63. The van der Waals surface area contributed by atoms with Gasteiger partial charge in [-0.25, -0.2) is 0 Å². The van der Waals surface area contributed by atoms with E-state index in [4.69, 9.17) is 11.5 Å². The van der Waals surface area contributed by atoms with Crippen LogP contribution in [0.15, 0.2) is 24.3 Å². The van der Waals surface area contributed by atoms with Crippen molar-refractivity contribution in [2.24, 2.45) is 17.4 Å². The number of nitrogens with two attached hydrogens (primary N) is 2. The molecule has 0 aliphatic heterocycles. The highest BCUT2D eigenvalue weighted by atomic mass is 16.2. The number of amides is 2. The summed E-state index contributed by atoms with van der Waals surface area (Å²) in [4.78, 5) is 22.6. The molecular formula is C12H14N2O2. The predicted octanol–water partition coefficient (Wildman–Crippen LogP) is 0.223. The molecule has 2 unspecified atom stereocenters. The molecule has 2 amide bonds. The Morgan fingerprint density at radius 3 is 2.19 bits per heavy atom. The Morgan fingerprint density at radius 1 is 1.25 bits per heavy atom. The minimum Gasteiger partial charge on any atom is -0.369 e. The van der Waals surface area contributed by atoms with Crippen LogP contribution in [0.5, 0.6) is 0 Å². The number of aryl methyl sites for hydroxylation is 1. The first-order valence-electron chi connectivity index (χ1n) is 5.15. The topological polar surface area (TPSA) is 86.2 Å². The summed E-state index contributed by atoms with van der Waals surface area (Å²) in [5, 5.41) is 0. The van der Waals surface area contributed by atoms with Crippen molar-refractivity contribution < 1.29 is 9.59 Å². The van der Waals surface area contributed by atoms with Crippen LogP contribution >= 0.6 is 0 Å². The Hall–Kier alpha value is -1.84. The number of hydrogen-bond donors (Lipinski definition) is 2. The van der Waals surface area contributed by atoms with Crippen LogP contribution in [0.3, 0.4) is 0 Å². The van der Waals surface area contributed by atoms with Crippen LogP contribution in [0, 0.1) is 12.8 Å². The molecule has 1 aromatic carbocycles. The zero-order chi connectivity index (χ0) is 11.9. The highest BCUT2D eigenvalue weighted by molar-refractivity contribution is 5.99. The number of rotatable bonds is 3. The fourth-order valence-corrected chi connectivity index (χ4v) is 2.19. The van der Waals surface area contributed by atoms with E-state index in [1.807, 2.05) is 31.2 Å². The van der Waals surface area contributed by atoms with Crippen LogP contribution in [0.2, 0.25) is 0 Å². The molecule has 1 aromatic rings. The van der Waals surface area contributed by atoms with E-state index in [1.54, 1.807) is 0 Å². The lowest BCUT2D eigenvalue weighted by atomic mass is 9.91. The summed E-state index contributed by atoms with van der Waals surface area (Å²) < 4.78 is 0. The molecule has 0 saturated heterocycles. The maximum absolute atomic E-state index is 11.5. The average molecular weight is 218 g/mol. The lowest BCUT2D eigenvalue weighted by Crippen LogP contribution is -2.33. The van der Waals surface area contributed by atoms with Crippen LogP contribution < -0.4 is 11.5 Å². The summed E-state index contributed by atoms with van der Waals surface area (Å²) in [7, 11) is 0. The van der Waals surface area contributed by atoms with Gasteiger partial charge in [-0.2, -0.15) is 0 Å². The van der Waals surface area contributed by atoms with Gasteiger partial charge in [0, 0.05) is 0 Å². The molecule has 2 rings (SSSR count). The van der Waals surface area contributed by atoms with E-state index in [2.05, 4.69) is 0 Å². The first-order chi connectivity index (χ1) is 7.48. The minimum absolute atomic E-state index is 0.431. The third-order valence-corrected chi connectivity index (χ3v) is 3.31. The molecule has 2 atom stereocenters. The molecule has 1 saturated carbocycles. The lowest BCUT2D eigenvalue weighted by Gasteiger charge is -2.13. The van der Waals surface area contributed by atoms with E-state index >= 15 is 0 Å². The fourth-order valence-electron chi connectivity index (χ4n) is 2.19. The second-order valence-electron chi connectivity index (χ2n) is 4.36. The third-order valence-electron chi connectivity index (χ3n) is 3.31. The molecule has 4 N–H and O–H groups in total. The Balaban J connectivity index is 2.40. The molecule has 0 radical (unpaired) electrons. The van der Waals surface area contributed by atoms with Gasteiger partial charge < -0.3 is 11.5 Å². The van der Waals surface area contributed by atoms with E-state index in [0.29, 0.717) is 6.42 Å². The van der Waals surface area contributed by atoms with Crippen molar-refractivity contribution in [2.75, 3.05) is 0 Å². The largest absolute Gasteiger partial charge is 0.369 e. The van der Waals surface area contributed by atoms with E-state index in [9.17, 15) is 9.59 Å². The van der Waals surface area contributed by atoms with Gasteiger partial charge in [0.05, 0.1) is 11.3 Å². The van der Waals surface area contributed by atoms with Gasteiger partial charge in [-0.05, 0) is 18.9 Å². The molecule has 16 heavy (non-hydrogen) atoms. The van der Waals surface area contributed by atoms with Gasteiger partial charge in [0.15, 0.2) is 0 Å². The molecule has 1 aliphatic rings. The monoisotopic (exact) mass is 218 g/mol. The third kappa shape index (κ3) is 1.38. The van der Waals surface area contributed by atoms with Crippen molar-refractivity contribution in [3.05, 3.63) is 35.4 Å². The summed E-state index contributed by atoms with van der Waals surface area (Å²) in [6.45, 7) is 1.96. The maximum Gasteiger partial charge on any atom is 0.228 e. The Bertz CT molecular complexity index is 453. The molecule has 0 heterocycles. The molecule has 4 nitrogen and oxygen atoms in total. The Labute approximate surface area is 93.6 Å². The smallest absolute Gasteiger partial charge is 0.228 e. The first-order valence-corrected chi connectivity index (χ1v) is 5.15. The second-order valence-corrected chi connectivity index (χ2v) is 4.36. The molecular weight excluding hydrogens is 204 g/mol. The fraction of sp³-hybridized carbons (Fsp3) is 0.333. The molecule has 4 heteroatoms. The van der Waals surface area contributed by atoms with Gasteiger partial charge in [0.1, 0.15) is 0 Å². The van der Waals surface area contributed by atoms with Crippen molar-refractivity contribution in [1.29, 1.82) is 0 Å².